The van der Waals surface area contributed by atoms with Gasteiger partial charge in [0.15, 0.2) is 0 Å². The molecule has 0 spiro atoms. The van der Waals surface area contributed by atoms with E-state index in [0.717, 1.165) is 43.9 Å². The number of nitrogens with two attached hydrogens (primary N) is 1. The summed E-state index contributed by atoms with van der Waals surface area (Å²) in [7, 11) is 0. The van der Waals surface area contributed by atoms with Crippen molar-refractivity contribution in [3.05, 3.63) is 35.4 Å². The first kappa shape index (κ1) is 16.8. The molecular formula is C16H23F2NO. The van der Waals surface area contributed by atoms with E-state index in [9.17, 15) is 13.6 Å². The number of carbonyl (C=O) groups is 1. The lowest BCUT2D eigenvalue weighted by atomic mass is 9.92. The van der Waals surface area contributed by atoms with E-state index < -0.39 is 11.6 Å². The standard InChI is InChI=1S/C16H23F2NO/c1-2-3-12(8-9-19)4-6-15(20)11-13-10-14(17)5-7-16(13)18/h5,7,10,12H,2-4,6,8-9,11,19H2,1H3. The first-order valence-electron chi connectivity index (χ1n) is 7.22. The minimum absolute atomic E-state index is 0.0366. The Kier molecular flexibility index (Phi) is 7.37. The number of hydrogen-bond donors (Lipinski definition) is 1. The molecule has 0 aromatic heterocycles. The Labute approximate surface area is 119 Å². The summed E-state index contributed by atoms with van der Waals surface area (Å²) < 4.78 is 26.5. The number of Topliss-reactive ketones (excluding diaryl/α,β-unsaturated/α-hetero) is 1. The molecule has 2 nitrogen and oxygen atoms in total. The molecule has 0 bridgehead atoms. The fourth-order valence-corrected chi connectivity index (χ4v) is 2.42. The van der Waals surface area contributed by atoms with E-state index in [0.29, 0.717) is 18.9 Å². The highest BCUT2D eigenvalue weighted by Crippen LogP contribution is 2.18. The van der Waals surface area contributed by atoms with E-state index in [2.05, 4.69) is 6.92 Å². The van der Waals surface area contributed by atoms with Gasteiger partial charge in [-0.25, -0.2) is 8.78 Å². The summed E-state index contributed by atoms with van der Waals surface area (Å²) in [6.45, 7) is 2.73. The summed E-state index contributed by atoms with van der Waals surface area (Å²) in [5.41, 5.74) is 5.69. The van der Waals surface area contributed by atoms with Gasteiger partial charge >= 0.3 is 0 Å². The SMILES string of the molecule is CCCC(CCN)CCC(=O)Cc1cc(F)ccc1F. The summed E-state index contributed by atoms with van der Waals surface area (Å²) in [4.78, 5) is 11.9. The molecule has 0 heterocycles. The average Bonchev–Trinajstić information content (AvgIpc) is 2.41. The van der Waals surface area contributed by atoms with E-state index >= 15 is 0 Å². The summed E-state index contributed by atoms with van der Waals surface area (Å²) in [6.07, 6.45) is 4.18. The molecule has 4 heteroatoms. The number of hydrogen-bond acceptors (Lipinski definition) is 2. The fraction of sp³-hybridized carbons (Fsp3) is 0.562. The van der Waals surface area contributed by atoms with Crippen molar-refractivity contribution in [3.8, 4) is 0 Å². The molecule has 1 unspecified atom stereocenters. The molecule has 112 valence electrons. The minimum Gasteiger partial charge on any atom is -0.330 e. The molecule has 1 aromatic carbocycles. The molecule has 1 atom stereocenters. The summed E-state index contributed by atoms with van der Waals surface area (Å²) in [6, 6.07) is 3.21. The third kappa shape index (κ3) is 5.78. The maximum atomic E-state index is 13.4. The van der Waals surface area contributed by atoms with Gasteiger partial charge in [0, 0.05) is 12.8 Å². The number of carbonyl (C=O) groups excluding carboxylic acids is 1. The predicted octanol–water partition coefficient (Wildman–Crippen LogP) is 3.62. The highest BCUT2D eigenvalue weighted by Gasteiger charge is 2.13. The second-order valence-corrected chi connectivity index (χ2v) is 5.22. The van der Waals surface area contributed by atoms with Gasteiger partial charge in [-0.2, -0.15) is 0 Å². The summed E-state index contributed by atoms with van der Waals surface area (Å²) in [5, 5.41) is 0. The number of benzene rings is 1. The molecule has 0 amide bonds. The largest absolute Gasteiger partial charge is 0.330 e. The van der Waals surface area contributed by atoms with Gasteiger partial charge in [-0.05, 0) is 49.1 Å². The van der Waals surface area contributed by atoms with Crippen molar-refractivity contribution in [2.45, 2.75) is 45.4 Å². The van der Waals surface area contributed by atoms with Crippen LogP contribution in [0.15, 0.2) is 18.2 Å². The molecule has 0 aliphatic carbocycles. The molecule has 0 saturated heterocycles. The van der Waals surface area contributed by atoms with Crippen LogP contribution in [0.5, 0.6) is 0 Å². The smallest absolute Gasteiger partial charge is 0.137 e. The van der Waals surface area contributed by atoms with E-state index in [4.69, 9.17) is 5.73 Å². The maximum Gasteiger partial charge on any atom is 0.137 e. The van der Waals surface area contributed by atoms with Crippen LogP contribution >= 0.6 is 0 Å². The van der Waals surface area contributed by atoms with Crippen LogP contribution in [0.4, 0.5) is 8.78 Å². The van der Waals surface area contributed by atoms with E-state index in [1.165, 1.54) is 0 Å². The Morgan fingerprint density at radius 3 is 2.65 bits per heavy atom. The van der Waals surface area contributed by atoms with Gasteiger partial charge in [-0.3, -0.25) is 4.79 Å². The lowest BCUT2D eigenvalue weighted by molar-refractivity contribution is -0.118. The topological polar surface area (TPSA) is 43.1 Å². The van der Waals surface area contributed by atoms with Gasteiger partial charge in [-0.15, -0.1) is 0 Å². The molecule has 2 N–H and O–H groups in total. The predicted molar refractivity (Wildman–Crippen MR) is 76.4 cm³/mol. The van der Waals surface area contributed by atoms with Crippen molar-refractivity contribution in [2.24, 2.45) is 11.7 Å². The zero-order valence-corrected chi connectivity index (χ0v) is 12.0. The van der Waals surface area contributed by atoms with Crippen molar-refractivity contribution in [3.63, 3.8) is 0 Å². The number of ketones is 1. The van der Waals surface area contributed by atoms with Gasteiger partial charge in [0.05, 0.1) is 0 Å². The molecule has 0 radical (unpaired) electrons. The second-order valence-electron chi connectivity index (χ2n) is 5.22. The molecule has 0 aliphatic rings. The Morgan fingerprint density at radius 1 is 1.25 bits per heavy atom. The molecule has 1 aromatic rings. The van der Waals surface area contributed by atoms with Crippen molar-refractivity contribution < 1.29 is 13.6 Å². The fourth-order valence-electron chi connectivity index (χ4n) is 2.42. The van der Waals surface area contributed by atoms with Crippen LogP contribution in [0, 0.1) is 17.6 Å². The van der Waals surface area contributed by atoms with E-state index in [1.54, 1.807) is 0 Å². The lowest BCUT2D eigenvalue weighted by Crippen LogP contribution is -2.12. The summed E-state index contributed by atoms with van der Waals surface area (Å²) >= 11 is 0. The van der Waals surface area contributed by atoms with Gasteiger partial charge in [0.25, 0.3) is 0 Å². The van der Waals surface area contributed by atoms with Crippen molar-refractivity contribution >= 4 is 5.78 Å². The maximum absolute atomic E-state index is 13.4. The molecular weight excluding hydrogens is 260 g/mol. The van der Waals surface area contributed by atoms with Crippen LogP contribution in [-0.2, 0) is 11.2 Å². The molecule has 0 fully saturated rings. The van der Waals surface area contributed by atoms with Gasteiger partial charge < -0.3 is 5.73 Å². The highest BCUT2D eigenvalue weighted by atomic mass is 19.1. The third-order valence-electron chi connectivity index (χ3n) is 3.50. The van der Waals surface area contributed by atoms with Crippen molar-refractivity contribution in [2.75, 3.05) is 6.54 Å². The number of halogens is 2. The Hall–Kier alpha value is -1.29. The molecule has 0 saturated carbocycles. The van der Waals surface area contributed by atoms with Crippen LogP contribution < -0.4 is 5.73 Å². The van der Waals surface area contributed by atoms with Gasteiger partial charge in [-0.1, -0.05) is 19.8 Å². The van der Waals surface area contributed by atoms with Crippen LogP contribution in [0.3, 0.4) is 0 Å². The minimum atomic E-state index is -0.521. The Balaban J connectivity index is 2.48. The molecule has 20 heavy (non-hydrogen) atoms. The quantitative estimate of drug-likeness (QED) is 0.752. The van der Waals surface area contributed by atoms with Crippen molar-refractivity contribution in [1.29, 1.82) is 0 Å². The monoisotopic (exact) mass is 283 g/mol. The molecule has 1 rings (SSSR count). The van der Waals surface area contributed by atoms with E-state index in [-0.39, 0.29) is 17.8 Å². The Morgan fingerprint density at radius 2 is 2.00 bits per heavy atom. The average molecular weight is 283 g/mol. The normalized spacial score (nSPS) is 12.4. The third-order valence-corrected chi connectivity index (χ3v) is 3.50. The van der Waals surface area contributed by atoms with Gasteiger partial charge in [0.2, 0.25) is 0 Å². The van der Waals surface area contributed by atoms with Crippen LogP contribution in [0.25, 0.3) is 0 Å². The highest BCUT2D eigenvalue weighted by molar-refractivity contribution is 5.80. The first-order valence-corrected chi connectivity index (χ1v) is 7.22. The van der Waals surface area contributed by atoms with Crippen LogP contribution in [0.2, 0.25) is 0 Å². The zero-order chi connectivity index (χ0) is 15.0. The number of rotatable bonds is 9. The van der Waals surface area contributed by atoms with Crippen molar-refractivity contribution in [1.82, 2.24) is 0 Å². The van der Waals surface area contributed by atoms with Crippen LogP contribution in [-0.4, -0.2) is 12.3 Å². The lowest BCUT2D eigenvalue weighted by Gasteiger charge is -2.14. The van der Waals surface area contributed by atoms with Gasteiger partial charge in [0.1, 0.15) is 17.4 Å². The zero-order valence-electron chi connectivity index (χ0n) is 12.0. The Bertz CT molecular complexity index is 428. The van der Waals surface area contributed by atoms with Crippen LogP contribution in [0.1, 0.15) is 44.6 Å². The molecule has 0 aliphatic heterocycles. The van der Waals surface area contributed by atoms with E-state index in [1.807, 2.05) is 0 Å². The summed E-state index contributed by atoms with van der Waals surface area (Å²) in [5.74, 6) is -0.632. The first-order chi connectivity index (χ1) is 9.56. The second kappa shape index (κ2) is 8.80.